The van der Waals surface area contributed by atoms with Gasteiger partial charge in [-0.15, -0.1) is 0 Å². The molecule has 4 rings (SSSR count). The molecule has 0 spiro atoms. The first-order valence-electron chi connectivity index (χ1n) is 10.1. The smallest absolute Gasteiger partial charge is 0.237 e. The van der Waals surface area contributed by atoms with Crippen LogP contribution < -0.4 is 5.32 Å². The molecule has 0 aliphatic carbocycles. The predicted molar refractivity (Wildman–Crippen MR) is 120 cm³/mol. The number of carbonyl (C=O) groups is 1. The zero-order valence-electron chi connectivity index (χ0n) is 17.7. The van der Waals surface area contributed by atoms with E-state index in [2.05, 4.69) is 64.9 Å². The maximum Gasteiger partial charge on any atom is 0.237 e. The first kappa shape index (κ1) is 21.4. The van der Waals surface area contributed by atoms with Crippen LogP contribution in [0.25, 0.3) is 0 Å². The summed E-state index contributed by atoms with van der Waals surface area (Å²) in [5.41, 5.74) is 1.62. The summed E-state index contributed by atoms with van der Waals surface area (Å²) >= 11 is 1.83. The summed E-state index contributed by atoms with van der Waals surface area (Å²) in [5, 5.41) is 3.88. The van der Waals surface area contributed by atoms with Crippen LogP contribution in [0.3, 0.4) is 0 Å². The SMILES string of the molecule is C=C(Sc1ccccc1C(C)C)N1CCCC1.CC1(C)C(=O)Nc2nccnc21. The number of fused-ring (bicyclic) bond motifs is 1. The molecule has 6 heteroatoms. The summed E-state index contributed by atoms with van der Waals surface area (Å²) in [6.45, 7) is 14.7. The standard InChI is InChI=1S/C15H21NS.C8H9N3O/c1-12(2)14-8-4-5-9-15(14)17-13(3)16-10-6-7-11-16;1-8(2)5-6(11-7(8)12)10-4-3-9-5/h4-5,8-9,12H,3,6-7,10-11H2,1-2H3;3-4H,1-2H3,(H,10,11,12). The Morgan fingerprint density at radius 3 is 2.48 bits per heavy atom. The average Bonchev–Trinajstić information content (AvgIpc) is 3.30. The molecule has 0 saturated carbocycles. The van der Waals surface area contributed by atoms with Gasteiger partial charge in [0, 0.05) is 30.4 Å². The minimum Gasteiger partial charge on any atom is -0.367 e. The molecule has 1 amide bonds. The second-order valence-electron chi connectivity index (χ2n) is 8.22. The Hall–Kier alpha value is -2.34. The molecule has 0 atom stereocenters. The summed E-state index contributed by atoms with van der Waals surface area (Å²) in [7, 11) is 0. The van der Waals surface area contributed by atoms with E-state index in [0.717, 1.165) is 5.69 Å². The van der Waals surface area contributed by atoms with E-state index in [1.807, 2.05) is 25.6 Å². The lowest BCUT2D eigenvalue weighted by molar-refractivity contribution is -0.119. The van der Waals surface area contributed by atoms with Crippen molar-refractivity contribution in [3.63, 3.8) is 0 Å². The molecule has 1 aromatic carbocycles. The van der Waals surface area contributed by atoms with Gasteiger partial charge in [-0.3, -0.25) is 9.78 Å². The molecule has 3 heterocycles. The van der Waals surface area contributed by atoms with Gasteiger partial charge in [0.2, 0.25) is 5.91 Å². The lowest BCUT2D eigenvalue weighted by atomic mass is 9.91. The largest absolute Gasteiger partial charge is 0.367 e. The van der Waals surface area contributed by atoms with Crippen molar-refractivity contribution in [2.45, 2.75) is 56.8 Å². The number of nitrogens with one attached hydrogen (secondary N) is 1. The van der Waals surface area contributed by atoms with Gasteiger partial charge < -0.3 is 10.2 Å². The molecule has 1 N–H and O–H groups in total. The van der Waals surface area contributed by atoms with E-state index < -0.39 is 5.41 Å². The van der Waals surface area contributed by atoms with Crippen LogP contribution >= 0.6 is 11.8 Å². The van der Waals surface area contributed by atoms with Crippen LogP contribution in [0.2, 0.25) is 0 Å². The molecule has 154 valence electrons. The molecule has 2 aromatic rings. The van der Waals surface area contributed by atoms with E-state index in [0.29, 0.717) is 11.7 Å². The highest BCUT2D eigenvalue weighted by atomic mass is 32.2. The second kappa shape index (κ2) is 8.99. The lowest BCUT2D eigenvalue weighted by Gasteiger charge is -2.21. The third-order valence-corrected chi connectivity index (χ3v) is 6.40. The number of carbonyl (C=O) groups excluding carboxylic acids is 1. The van der Waals surface area contributed by atoms with Gasteiger partial charge >= 0.3 is 0 Å². The number of hydrogen-bond donors (Lipinski definition) is 1. The lowest BCUT2D eigenvalue weighted by Crippen LogP contribution is -2.27. The third-order valence-electron chi connectivity index (χ3n) is 5.32. The molecule has 1 saturated heterocycles. The van der Waals surface area contributed by atoms with E-state index in [1.165, 1.54) is 41.4 Å². The van der Waals surface area contributed by atoms with Crippen LogP contribution in [-0.4, -0.2) is 33.9 Å². The van der Waals surface area contributed by atoms with Crippen LogP contribution in [0.4, 0.5) is 5.82 Å². The summed E-state index contributed by atoms with van der Waals surface area (Å²) in [6, 6.07) is 8.68. The molecule has 0 radical (unpaired) electrons. The molecule has 1 aromatic heterocycles. The fourth-order valence-electron chi connectivity index (χ4n) is 3.47. The van der Waals surface area contributed by atoms with Crippen molar-refractivity contribution in [3.05, 3.63) is 59.5 Å². The quantitative estimate of drug-likeness (QED) is 0.704. The Morgan fingerprint density at radius 1 is 1.17 bits per heavy atom. The first-order valence-corrected chi connectivity index (χ1v) is 11.0. The highest BCUT2D eigenvalue weighted by Gasteiger charge is 2.40. The second-order valence-corrected chi connectivity index (χ2v) is 9.33. The zero-order valence-corrected chi connectivity index (χ0v) is 18.6. The van der Waals surface area contributed by atoms with Crippen molar-refractivity contribution >= 4 is 23.5 Å². The van der Waals surface area contributed by atoms with Gasteiger partial charge in [0.05, 0.1) is 16.1 Å². The Kier molecular flexibility index (Phi) is 6.63. The molecule has 2 aliphatic heterocycles. The van der Waals surface area contributed by atoms with Crippen LogP contribution in [0, 0.1) is 0 Å². The number of amides is 1. The van der Waals surface area contributed by atoms with E-state index in [1.54, 1.807) is 12.4 Å². The van der Waals surface area contributed by atoms with Gasteiger partial charge in [0.25, 0.3) is 0 Å². The van der Waals surface area contributed by atoms with Crippen molar-refractivity contribution in [1.82, 2.24) is 14.9 Å². The van der Waals surface area contributed by atoms with Gasteiger partial charge in [0.15, 0.2) is 5.82 Å². The Bertz CT molecular complexity index is 888. The third kappa shape index (κ3) is 4.81. The molecule has 1 fully saturated rings. The van der Waals surface area contributed by atoms with Crippen molar-refractivity contribution in [1.29, 1.82) is 0 Å². The molecular formula is C23H30N4OS. The van der Waals surface area contributed by atoms with E-state index in [4.69, 9.17) is 0 Å². The maximum absolute atomic E-state index is 11.4. The molecular weight excluding hydrogens is 380 g/mol. The van der Waals surface area contributed by atoms with E-state index >= 15 is 0 Å². The van der Waals surface area contributed by atoms with Gasteiger partial charge in [-0.1, -0.05) is 50.4 Å². The average molecular weight is 411 g/mol. The fraction of sp³-hybridized carbons (Fsp3) is 0.435. The van der Waals surface area contributed by atoms with E-state index in [9.17, 15) is 4.79 Å². The summed E-state index contributed by atoms with van der Waals surface area (Å²) in [4.78, 5) is 23.3. The van der Waals surface area contributed by atoms with Crippen molar-refractivity contribution in [3.8, 4) is 0 Å². The number of aromatic nitrogens is 2. The number of likely N-dealkylation sites (tertiary alicyclic amines) is 1. The minimum atomic E-state index is -0.538. The Balaban J connectivity index is 0.000000176. The summed E-state index contributed by atoms with van der Waals surface area (Å²) < 4.78 is 0. The Morgan fingerprint density at radius 2 is 1.83 bits per heavy atom. The van der Waals surface area contributed by atoms with Crippen LogP contribution in [-0.2, 0) is 10.2 Å². The molecule has 2 aliphatic rings. The molecule has 0 bridgehead atoms. The highest BCUT2D eigenvalue weighted by molar-refractivity contribution is 8.03. The molecule has 5 nitrogen and oxygen atoms in total. The van der Waals surface area contributed by atoms with Gasteiger partial charge in [-0.25, -0.2) is 4.98 Å². The van der Waals surface area contributed by atoms with Gasteiger partial charge in [-0.2, -0.15) is 0 Å². The normalized spacial score (nSPS) is 16.9. The maximum atomic E-state index is 11.4. The molecule has 0 unspecified atom stereocenters. The summed E-state index contributed by atoms with van der Waals surface area (Å²) in [5.74, 6) is 1.13. The van der Waals surface area contributed by atoms with Crippen molar-refractivity contribution in [2.75, 3.05) is 18.4 Å². The number of nitrogens with zero attached hydrogens (tertiary/aromatic N) is 3. The van der Waals surface area contributed by atoms with Gasteiger partial charge in [0.1, 0.15) is 0 Å². The monoisotopic (exact) mass is 410 g/mol. The summed E-state index contributed by atoms with van der Waals surface area (Å²) in [6.07, 6.45) is 5.79. The highest BCUT2D eigenvalue weighted by Crippen LogP contribution is 2.35. The van der Waals surface area contributed by atoms with Crippen molar-refractivity contribution < 1.29 is 4.79 Å². The van der Waals surface area contributed by atoms with Crippen LogP contribution in [0.15, 0.2) is 53.2 Å². The van der Waals surface area contributed by atoms with Gasteiger partial charge in [-0.05, 0) is 44.2 Å². The number of hydrogen-bond acceptors (Lipinski definition) is 5. The number of thioether (sulfide) groups is 1. The number of anilines is 1. The van der Waals surface area contributed by atoms with Crippen LogP contribution in [0.5, 0.6) is 0 Å². The zero-order chi connectivity index (χ0) is 21.0. The number of rotatable bonds is 4. The topological polar surface area (TPSA) is 58.1 Å². The fourth-order valence-corrected chi connectivity index (χ4v) is 4.60. The van der Waals surface area contributed by atoms with Crippen molar-refractivity contribution in [2.24, 2.45) is 0 Å². The first-order chi connectivity index (χ1) is 13.8. The van der Waals surface area contributed by atoms with Crippen LogP contribution in [0.1, 0.15) is 57.7 Å². The predicted octanol–water partition coefficient (Wildman–Crippen LogP) is 5.18. The number of benzene rings is 1. The molecule has 29 heavy (non-hydrogen) atoms. The Labute approximate surface area is 178 Å². The van der Waals surface area contributed by atoms with E-state index in [-0.39, 0.29) is 5.91 Å². The minimum absolute atomic E-state index is 0.0382.